The van der Waals surface area contributed by atoms with Crippen LogP contribution in [-0.4, -0.2) is 67.0 Å². The number of likely N-dealkylation sites (N-methyl/N-ethyl adjacent to an activating group) is 2. The predicted octanol–water partition coefficient (Wildman–Crippen LogP) is 5.19. The quantitative estimate of drug-likeness (QED) is 0.410. The first kappa shape index (κ1) is 22.8. The van der Waals surface area contributed by atoms with E-state index in [0.717, 1.165) is 45.6 Å². The van der Waals surface area contributed by atoms with Crippen molar-refractivity contribution in [2.24, 2.45) is 0 Å². The van der Waals surface area contributed by atoms with Crippen LogP contribution in [0.25, 0.3) is 33.3 Å². The number of aromatic nitrogens is 2. The fourth-order valence-electron chi connectivity index (χ4n) is 3.78. The number of carbonyl (C=O) groups is 1. The van der Waals surface area contributed by atoms with Crippen LogP contribution in [0.5, 0.6) is 5.75 Å². The number of rotatable bonds is 7. The molecule has 0 aliphatic heterocycles. The summed E-state index contributed by atoms with van der Waals surface area (Å²) in [4.78, 5) is 24.6. The molecule has 0 radical (unpaired) electrons. The highest BCUT2D eigenvalue weighted by Crippen LogP contribution is 2.36. The van der Waals surface area contributed by atoms with E-state index in [2.05, 4.69) is 16.0 Å². The second-order valence-electron chi connectivity index (χ2n) is 8.25. The normalized spacial score (nSPS) is 11.2. The van der Waals surface area contributed by atoms with Gasteiger partial charge in [0.25, 0.3) is 5.91 Å². The van der Waals surface area contributed by atoms with E-state index in [4.69, 9.17) is 16.3 Å². The summed E-state index contributed by atoms with van der Waals surface area (Å²) in [5.41, 5.74) is 5.04. The molecule has 2 aromatic carbocycles. The molecule has 0 aliphatic rings. The predicted molar refractivity (Wildman–Crippen MR) is 134 cm³/mol. The van der Waals surface area contributed by atoms with Crippen molar-refractivity contribution < 1.29 is 9.53 Å². The van der Waals surface area contributed by atoms with Gasteiger partial charge in [-0.3, -0.25) is 4.79 Å². The molecule has 7 heteroatoms. The summed E-state index contributed by atoms with van der Waals surface area (Å²) in [6, 6.07) is 15.5. The molecular formula is C26H27ClN4O2. The van der Waals surface area contributed by atoms with E-state index < -0.39 is 0 Å². The Balaban J connectivity index is 1.72. The largest absolute Gasteiger partial charge is 0.496 e. The standard InChI is InChI=1S/C26H27ClN4O2/c1-30(2)11-12-31(3)26(32)21-13-17(9-10-23(21)27)18-14-20-22(16-29-25(20)28-15-18)19-7-5-6-8-24(19)33-4/h5-10,13-16H,11-12H2,1-4H3,(H,28,29). The number of fused-ring (bicyclic) bond motifs is 1. The Morgan fingerprint density at radius 2 is 1.82 bits per heavy atom. The van der Waals surface area contributed by atoms with Crippen LogP contribution in [0.2, 0.25) is 5.02 Å². The fourth-order valence-corrected chi connectivity index (χ4v) is 3.98. The number of carbonyl (C=O) groups excluding carboxylic acids is 1. The topological polar surface area (TPSA) is 61.5 Å². The molecule has 2 aromatic heterocycles. The lowest BCUT2D eigenvalue weighted by atomic mass is 10.00. The number of benzene rings is 2. The van der Waals surface area contributed by atoms with E-state index in [1.807, 2.05) is 61.6 Å². The summed E-state index contributed by atoms with van der Waals surface area (Å²) < 4.78 is 5.55. The van der Waals surface area contributed by atoms with Crippen molar-refractivity contribution in [3.05, 3.63) is 71.5 Å². The second-order valence-corrected chi connectivity index (χ2v) is 8.65. The lowest BCUT2D eigenvalue weighted by Gasteiger charge is -2.20. The van der Waals surface area contributed by atoms with Crippen molar-refractivity contribution in [3.63, 3.8) is 0 Å². The number of nitrogens with zero attached hydrogens (tertiary/aromatic N) is 3. The molecule has 0 unspecified atom stereocenters. The zero-order chi connectivity index (χ0) is 23.5. The number of H-pyrrole nitrogens is 1. The number of methoxy groups -OCH3 is 1. The van der Waals surface area contributed by atoms with E-state index >= 15 is 0 Å². The van der Waals surface area contributed by atoms with Crippen molar-refractivity contribution in [1.29, 1.82) is 0 Å². The van der Waals surface area contributed by atoms with Crippen LogP contribution in [0.1, 0.15) is 10.4 Å². The van der Waals surface area contributed by atoms with Crippen molar-refractivity contribution in [1.82, 2.24) is 19.8 Å². The minimum Gasteiger partial charge on any atom is -0.496 e. The van der Waals surface area contributed by atoms with Gasteiger partial charge in [-0.2, -0.15) is 0 Å². The number of amides is 1. The number of pyridine rings is 1. The van der Waals surface area contributed by atoms with Crippen molar-refractivity contribution in [2.75, 3.05) is 41.3 Å². The van der Waals surface area contributed by atoms with Gasteiger partial charge in [0.1, 0.15) is 11.4 Å². The van der Waals surface area contributed by atoms with E-state index in [-0.39, 0.29) is 5.91 Å². The van der Waals surface area contributed by atoms with Crippen LogP contribution < -0.4 is 4.74 Å². The van der Waals surface area contributed by atoms with Crippen molar-refractivity contribution in [2.45, 2.75) is 0 Å². The van der Waals surface area contributed by atoms with Gasteiger partial charge in [0.15, 0.2) is 0 Å². The number of hydrogen-bond donors (Lipinski definition) is 1. The average molecular weight is 463 g/mol. The van der Waals surface area contributed by atoms with Crippen LogP contribution in [0.15, 0.2) is 60.9 Å². The molecule has 33 heavy (non-hydrogen) atoms. The molecule has 0 aliphatic carbocycles. The molecular weight excluding hydrogens is 436 g/mol. The van der Waals surface area contributed by atoms with Crippen molar-refractivity contribution >= 4 is 28.5 Å². The Hall–Kier alpha value is -3.35. The Labute approximate surface area is 198 Å². The third-order valence-corrected chi connectivity index (χ3v) is 6.02. The van der Waals surface area contributed by atoms with Gasteiger partial charge in [0.2, 0.25) is 0 Å². The highest BCUT2D eigenvalue weighted by atomic mass is 35.5. The molecule has 4 rings (SSSR count). The summed E-state index contributed by atoms with van der Waals surface area (Å²) in [6.45, 7) is 1.39. The molecule has 4 aromatic rings. The SMILES string of the molecule is COc1ccccc1-c1c[nH]c2ncc(-c3ccc(Cl)c(C(=O)N(C)CCN(C)C)c3)cc12. The van der Waals surface area contributed by atoms with Crippen LogP contribution in [0, 0.1) is 0 Å². The smallest absolute Gasteiger partial charge is 0.255 e. The van der Waals surface area contributed by atoms with Gasteiger partial charge in [-0.25, -0.2) is 4.98 Å². The van der Waals surface area contributed by atoms with Gasteiger partial charge in [0.05, 0.1) is 17.7 Å². The van der Waals surface area contributed by atoms with Crippen molar-refractivity contribution in [3.8, 4) is 28.0 Å². The fraction of sp³-hybridized carbons (Fsp3) is 0.231. The number of para-hydroxylation sites is 1. The molecule has 0 bridgehead atoms. The number of hydrogen-bond acceptors (Lipinski definition) is 4. The lowest BCUT2D eigenvalue weighted by Crippen LogP contribution is -2.33. The number of ether oxygens (including phenoxy) is 1. The minimum absolute atomic E-state index is 0.103. The van der Waals surface area contributed by atoms with Crippen LogP contribution in [0.3, 0.4) is 0 Å². The number of halogens is 1. The first-order valence-electron chi connectivity index (χ1n) is 10.7. The highest BCUT2D eigenvalue weighted by Gasteiger charge is 2.17. The molecule has 0 fully saturated rings. The van der Waals surface area contributed by atoms with Gasteiger partial charge in [-0.05, 0) is 43.9 Å². The zero-order valence-electron chi connectivity index (χ0n) is 19.2. The van der Waals surface area contributed by atoms with E-state index in [1.165, 1.54) is 0 Å². The minimum atomic E-state index is -0.103. The molecule has 0 saturated heterocycles. The first-order valence-corrected chi connectivity index (χ1v) is 11.1. The molecule has 6 nitrogen and oxygen atoms in total. The van der Waals surface area contributed by atoms with Gasteiger partial charge < -0.3 is 19.5 Å². The van der Waals surface area contributed by atoms with Crippen LogP contribution >= 0.6 is 11.6 Å². The zero-order valence-corrected chi connectivity index (χ0v) is 20.0. The molecule has 0 atom stereocenters. The Morgan fingerprint density at radius 1 is 1.03 bits per heavy atom. The highest BCUT2D eigenvalue weighted by molar-refractivity contribution is 6.34. The van der Waals surface area contributed by atoms with Gasteiger partial charge in [-0.1, -0.05) is 35.9 Å². The second kappa shape index (κ2) is 9.65. The van der Waals surface area contributed by atoms with Gasteiger partial charge in [-0.15, -0.1) is 0 Å². The maximum atomic E-state index is 13.0. The Morgan fingerprint density at radius 3 is 2.58 bits per heavy atom. The molecule has 0 spiro atoms. The molecule has 2 heterocycles. The maximum absolute atomic E-state index is 13.0. The van der Waals surface area contributed by atoms with E-state index in [1.54, 1.807) is 31.3 Å². The molecule has 0 saturated carbocycles. The third-order valence-electron chi connectivity index (χ3n) is 5.69. The maximum Gasteiger partial charge on any atom is 0.255 e. The van der Waals surface area contributed by atoms with Gasteiger partial charge in [0, 0.05) is 54.6 Å². The van der Waals surface area contributed by atoms with Crippen LogP contribution in [0.4, 0.5) is 0 Å². The summed E-state index contributed by atoms with van der Waals surface area (Å²) in [5, 5.41) is 1.41. The number of aromatic amines is 1. The Bertz CT molecular complexity index is 1300. The molecule has 1 amide bonds. The number of nitrogens with one attached hydrogen (secondary N) is 1. The third kappa shape index (κ3) is 4.72. The summed E-state index contributed by atoms with van der Waals surface area (Å²) in [6.07, 6.45) is 3.74. The monoisotopic (exact) mass is 462 g/mol. The average Bonchev–Trinajstić information content (AvgIpc) is 3.25. The van der Waals surface area contributed by atoms with E-state index in [9.17, 15) is 4.79 Å². The van der Waals surface area contributed by atoms with Crippen LogP contribution in [-0.2, 0) is 0 Å². The molecule has 1 N–H and O–H groups in total. The Kier molecular flexibility index (Phi) is 6.67. The summed E-state index contributed by atoms with van der Waals surface area (Å²) in [5.74, 6) is 0.693. The lowest BCUT2D eigenvalue weighted by molar-refractivity contribution is 0.0786. The first-order chi connectivity index (χ1) is 15.9. The molecule has 170 valence electrons. The van der Waals surface area contributed by atoms with Gasteiger partial charge >= 0.3 is 0 Å². The van der Waals surface area contributed by atoms with E-state index in [0.29, 0.717) is 17.1 Å². The summed E-state index contributed by atoms with van der Waals surface area (Å²) >= 11 is 6.41. The summed E-state index contributed by atoms with van der Waals surface area (Å²) in [7, 11) is 7.42.